The number of benzene rings is 1. The van der Waals surface area contributed by atoms with Crippen LogP contribution in [0.5, 0.6) is 5.75 Å². The van der Waals surface area contributed by atoms with Gasteiger partial charge in [-0.1, -0.05) is 30.3 Å². The number of pyridine rings is 1. The van der Waals surface area contributed by atoms with Gasteiger partial charge in [-0.3, -0.25) is 9.59 Å². The van der Waals surface area contributed by atoms with Gasteiger partial charge in [-0.15, -0.1) is 0 Å². The minimum absolute atomic E-state index is 0.0384. The van der Waals surface area contributed by atoms with E-state index >= 15 is 0 Å². The largest absolute Gasteiger partial charge is 0.483 e. The summed E-state index contributed by atoms with van der Waals surface area (Å²) in [5.74, 6) is -0.114. The van der Waals surface area contributed by atoms with Crippen LogP contribution in [-0.4, -0.2) is 33.7 Å². The van der Waals surface area contributed by atoms with Crippen molar-refractivity contribution < 1.29 is 14.3 Å². The third-order valence-corrected chi connectivity index (χ3v) is 4.83. The summed E-state index contributed by atoms with van der Waals surface area (Å²) in [5, 5.41) is 0. The molecule has 2 aromatic rings. The lowest BCUT2D eigenvalue weighted by atomic mass is 10.1. The molecule has 1 aromatic carbocycles. The maximum Gasteiger partial charge on any atom is 0.277 e. The monoisotopic (exact) mass is 340 g/mol. The lowest BCUT2D eigenvalue weighted by molar-refractivity contribution is -0.0752. The van der Waals surface area contributed by atoms with Crippen LogP contribution in [0.4, 0.5) is 0 Å². The first-order valence-electron chi connectivity index (χ1n) is 8.37. The van der Waals surface area contributed by atoms with Crippen molar-refractivity contribution in [2.45, 2.75) is 38.8 Å². The lowest BCUT2D eigenvalue weighted by Gasteiger charge is -2.41. The van der Waals surface area contributed by atoms with Crippen LogP contribution >= 0.6 is 0 Å². The summed E-state index contributed by atoms with van der Waals surface area (Å²) < 4.78 is 13.4. The van der Waals surface area contributed by atoms with E-state index in [1.807, 2.05) is 44.2 Å². The van der Waals surface area contributed by atoms with Crippen molar-refractivity contribution in [3.8, 4) is 5.75 Å². The molecular weight excluding hydrogens is 320 g/mol. The highest BCUT2D eigenvalue weighted by Gasteiger charge is 2.50. The first-order valence-corrected chi connectivity index (χ1v) is 8.37. The van der Waals surface area contributed by atoms with E-state index in [-0.39, 0.29) is 29.7 Å². The fourth-order valence-corrected chi connectivity index (χ4v) is 3.65. The van der Waals surface area contributed by atoms with Gasteiger partial charge in [0.05, 0.1) is 19.2 Å². The quantitative estimate of drug-likeness (QED) is 0.858. The van der Waals surface area contributed by atoms with Crippen molar-refractivity contribution >= 4 is 5.91 Å². The molecule has 0 N–H and O–H groups in total. The minimum Gasteiger partial charge on any atom is -0.483 e. The van der Waals surface area contributed by atoms with Gasteiger partial charge in [-0.2, -0.15) is 0 Å². The molecule has 0 saturated carbocycles. The number of hydrogen-bond acceptors (Lipinski definition) is 4. The van der Waals surface area contributed by atoms with Crippen molar-refractivity contribution in [2.24, 2.45) is 0 Å². The fraction of sp³-hybridized carbons (Fsp3) is 0.368. The number of fused-ring (bicyclic) bond motifs is 2. The Bertz CT molecular complexity index is 877. The van der Waals surface area contributed by atoms with Crippen LogP contribution in [0.1, 0.15) is 29.9 Å². The zero-order valence-corrected chi connectivity index (χ0v) is 14.3. The van der Waals surface area contributed by atoms with E-state index in [4.69, 9.17) is 9.47 Å². The van der Waals surface area contributed by atoms with Crippen LogP contribution in [0.15, 0.2) is 47.4 Å². The number of amides is 1. The Kier molecular flexibility index (Phi) is 3.65. The summed E-state index contributed by atoms with van der Waals surface area (Å²) in [5.41, 5.74) is 0.274. The SMILES string of the molecule is CC1COC2(C)Cn3ccc(=O)c(OCc4ccccc4)c3C(=O)N12. The van der Waals surface area contributed by atoms with Gasteiger partial charge < -0.3 is 18.9 Å². The summed E-state index contributed by atoms with van der Waals surface area (Å²) in [6.45, 7) is 5.05. The Morgan fingerprint density at radius 2 is 2.00 bits per heavy atom. The molecule has 3 heterocycles. The van der Waals surface area contributed by atoms with Gasteiger partial charge in [0.15, 0.2) is 17.2 Å². The number of carbonyl (C=O) groups is 1. The van der Waals surface area contributed by atoms with Crippen molar-refractivity contribution in [3.63, 3.8) is 0 Å². The molecule has 1 amide bonds. The molecular formula is C19H20N2O4. The van der Waals surface area contributed by atoms with E-state index in [1.54, 1.807) is 15.7 Å². The van der Waals surface area contributed by atoms with Crippen LogP contribution in [0.3, 0.4) is 0 Å². The van der Waals surface area contributed by atoms with Crippen molar-refractivity contribution in [1.82, 2.24) is 9.47 Å². The Hall–Kier alpha value is -2.60. The van der Waals surface area contributed by atoms with Gasteiger partial charge >= 0.3 is 0 Å². The molecule has 6 heteroatoms. The predicted molar refractivity (Wildman–Crippen MR) is 91.5 cm³/mol. The molecule has 1 fully saturated rings. The average molecular weight is 340 g/mol. The molecule has 2 atom stereocenters. The Morgan fingerprint density at radius 1 is 1.24 bits per heavy atom. The second-order valence-electron chi connectivity index (χ2n) is 6.77. The Morgan fingerprint density at radius 3 is 2.76 bits per heavy atom. The van der Waals surface area contributed by atoms with Crippen molar-refractivity contribution in [3.05, 3.63) is 64.1 Å². The lowest BCUT2D eigenvalue weighted by Crippen LogP contribution is -2.56. The first kappa shape index (κ1) is 15.9. The van der Waals surface area contributed by atoms with E-state index in [0.29, 0.717) is 18.8 Å². The average Bonchev–Trinajstić information content (AvgIpc) is 2.90. The molecule has 6 nitrogen and oxygen atoms in total. The van der Waals surface area contributed by atoms with E-state index in [1.165, 1.54) is 6.07 Å². The van der Waals surface area contributed by atoms with E-state index in [2.05, 4.69) is 0 Å². The maximum atomic E-state index is 13.1. The number of ether oxygens (including phenoxy) is 2. The van der Waals surface area contributed by atoms with Crippen LogP contribution in [0.25, 0.3) is 0 Å². The van der Waals surface area contributed by atoms with Crippen LogP contribution in [0, 0.1) is 0 Å². The van der Waals surface area contributed by atoms with Gasteiger partial charge in [0.2, 0.25) is 5.43 Å². The second-order valence-corrected chi connectivity index (χ2v) is 6.77. The molecule has 4 rings (SSSR count). The normalized spacial score (nSPS) is 24.8. The van der Waals surface area contributed by atoms with E-state index in [9.17, 15) is 9.59 Å². The van der Waals surface area contributed by atoms with Gasteiger partial charge in [-0.25, -0.2) is 0 Å². The molecule has 0 bridgehead atoms. The molecule has 1 aromatic heterocycles. The molecule has 2 aliphatic rings. The minimum atomic E-state index is -0.685. The Balaban J connectivity index is 1.73. The third-order valence-electron chi connectivity index (χ3n) is 4.83. The second kappa shape index (κ2) is 5.74. The highest BCUT2D eigenvalue weighted by atomic mass is 16.5. The highest BCUT2D eigenvalue weighted by molar-refractivity contribution is 5.96. The van der Waals surface area contributed by atoms with Crippen molar-refractivity contribution in [1.29, 1.82) is 0 Å². The summed E-state index contributed by atoms with van der Waals surface area (Å²) in [4.78, 5) is 27.2. The zero-order chi connectivity index (χ0) is 17.6. The number of hydrogen-bond donors (Lipinski definition) is 0. The molecule has 130 valence electrons. The van der Waals surface area contributed by atoms with E-state index < -0.39 is 5.72 Å². The molecule has 2 unspecified atom stereocenters. The van der Waals surface area contributed by atoms with Gasteiger partial charge in [0, 0.05) is 12.3 Å². The molecule has 0 aliphatic carbocycles. The summed E-state index contributed by atoms with van der Waals surface area (Å²) >= 11 is 0. The molecule has 1 saturated heterocycles. The zero-order valence-electron chi connectivity index (χ0n) is 14.3. The van der Waals surface area contributed by atoms with Crippen LogP contribution in [0.2, 0.25) is 0 Å². The molecule has 0 radical (unpaired) electrons. The van der Waals surface area contributed by atoms with Gasteiger partial charge in [0.1, 0.15) is 6.61 Å². The predicted octanol–water partition coefficient (Wildman–Crippen LogP) is 2.02. The third kappa shape index (κ3) is 2.53. The number of aromatic nitrogens is 1. The van der Waals surface area contributed by atoms with Crippen molar-refractivity contribution in [2.75, 3.05) is 6.61 Å². The molecule has 2 aliphatic heterocycles. The number of carbonyl (C=O) groups excluding carboxylic acids is 1. The maximum absolute atomic E-state index is 13.1. The topological polar surface area (TPSA) is 60.8 Å². The van der Waals surface area contributed by atoms with Crippen LogP contribution in [-0.2, 0) is 17.9 Å². The molecule has 25 heavy (non-hydrogen) atoms. The smallest absolute Gasteiger partial charge is 0.277 e. The summed E-state index contributed by atoms with van der Waals surface area (Å²) in [6, 6.07) is 11.0. The standard InChI is InChI=1S/C19H20N2O4/c1-13-10-25-19(2)12-20-9-8-15(22)17(16(20)18(23)21(13)19)24-11-14-6-4-3-5-7-14/h3-9,13H,10-12H2,1-2H3. The Labute approximate surface area is 145 Å². The summed E-state index contributed by atoms with van der Waals surface area (Å²) in [7, 11) is 0. The van der Waals surface area contributed by atoms with Gasteiger partial charge in [0.25, 0.3) is 5.91 Å². The van der Waals surface area contributed by atoms with Gasteiger partial charge in [-0.05, 0) is 19.4 Å². The number of rotatable bonds is 3. The first-order chi connectivity index (χ1) is 12.0. The molecule has 0 spiro atoms. The van der Waals surface area contributed by atoms with Crippen LogP contribution < -0.4 is 10.2 Å². The summed E-state index contributed by atoms with van der Waals surface area (Å²) in [6.07, 6.45) is 1.64. The van der Waals surface area contributed by atoms with E-state index in [0.717, 1.165) is 5.56 Å². The fourth-order valence-electron chi connectivity index (χ4n) is 3.65. The highest BCUT2D eigenvalue weighted by Crippen LogP contribution is 2.36. The number of nitrogens with zero attached hydrogens (tertiary/aromatic N) is 2.